The maximum absolute atomic E-state index is 5.25. The van der Waals surface area contributed by atoms with Crippen molar-refractivity contribution >= 4 is 29.9 Å². The molecule has 0 saturated heterocycles. The summed E-state index contributed by atoms with van der Waals surface area (Å²) in [6, 6.07) is 0. The van der Waals surface area contributed by atoms with Crippen molar-refractivity contribution in [2.75, 3.05) is 33.4 Å². The van der Waals surface area contributed by atoms with Crippen LogP contribution in [0.25, 0.3) is 0 Å². The zero-order valence-electron chi connectivity index (χ0n) is 12.3. The number of guanidine groups is 1. The number of rotatable bonds is 9. The van der Waals surface area contributed by atoms with Gasteiger partial charge in [-0.3, -0.25) is 4.99 Å². The lowest BCUT2D eigenvalue weighted by molar-refractivity contribution is 0.152. The van der Waals surface area contributed by atoms with E-state index in [4.69, 9.17) is 4.74 Å². The van der Waals surface area contributed by atoms with E-state index in [9.17, 15) is 0 Å². The molecule has 0 amide bonds. The molecule has 0 aliphatic rings. The second kappa shape index (κ2) is 15.0. The van der Waals surface area contributed by atoms with Gasteiger partial charge in [-0.1, -0.05) is 26.7 Å². The van der Waals surface area contributed by atoms with Crippen LogP contribution in [0, 0.1) is 5.92 Å². The molecule has 5 heteroatoms. The summed E-state index contributed by atoms with van der Waals surface area (Å²) in [5, 5.41) is 6.52. The van der Waals surface area contributed by atoms with Crippen LogP contribution in [0.5, 0.6) is 0 Å². The summed E-state index contributed by atoms with van der Waals surface area (Å²) in [5.41, 5.74) is 0. The Morgan fingerprint density at radius 3 is 2.39 bits per heavy atom. The molecule has 0 spiro atoms. The fraction of sp³-hybridized carbons (Fsp3) is 0.923. The predicted octanol–water partition coefficient (Wildman–Crippen LogP) is 2.63. The van der Waals surface area contributed by atoms with E-state index in [0.717, 1.165) is 38.2 Å². The Kier molecular flexibility index (Phi) is 16.9. The molecule has 0 aromatic carbocycles. The van der Waals surface area contributed by atoms with Crippen molar-refractivity contribution in [2.24, 2.45) is 10.9 Å². The molecule has 110 valence electrons. The van der Waals surface area contributed by atoms with Gasteiger partial charge in [0.15, 0.2) is 5.96 Å². The van der Waals surface area contributed by atoms with Crippen molar-refractivity contribution in [1.29, 1.82) is 0 Å². The summed E-state index contributed by atoms with van der Waals surface area (Å²) in [6.07, 6.45) is 3.78. The second-order valence-electron chi connectivity index (χ2n) is 4.51. The number of hydrogen-bond donors (Lipinski definition) is 2. The smallest absolute Gasteiger partial charge is 0.191 e. The average Bonchev–Trinajstić information content (AvgIpc) is 2.31. The SMILES string of the molecule is CCOCCNC(=NC)NCCCCC(C)C.I. The Morgan fingerprint density at radius 1 is 1.17 bits per heavy atom. The van der Waals surface area contributed by atoms with Gasteiger partial charge in [0.25, 0.3) is 0 Å². The van der Waals surface area contributed by atoms with Crippen LogP contribution in [0.15, 0.2) is 4.99 Å². The molecule has 0 heterocycles. The van der Waals surface area contributed by atoms with Gasteiger partial charge in [0, 0.05) is 26.7 Å². The van der Waals surface area contributed by atoms with Gasteiger partial charge in [-0.05, 0) is 19.3 Å². The fourth-order valence-corrected chi connectivity index (χ4v) is 1.49. The van der Waals surface area contributed by atoms with Gasteiger partial charge >= 0.3 is 0 Å². The van der Waals surface area contributed by atoms with Crippen LogP contribution < -0.4 is 10.6 Å². The topological polar surface area (TPSA) is 45.6 Å². The zero-order valence-corrected chi connectivity index (χ0v) is 14.6. The molecule has 2 N–H and O–H groups in total. The highest BCUT2D eigenvalue weighted by molar-refractivity contribution is 14.0. The minimum Gasteiger partial charge on any atom is -0.380 e. The van der Waals surface area contributed by atoms with Gasteiger partial charge in [0.05, 0.1) is 6.61 Å². The first kappa shape index (κ1) is 20.3. The third-order valence-electron chi connectivity index (χ3n) is 2.47. The Bertz CT molecular complexity index is 199. The molecule has 0 radical (unpaired) electrons. The first-order valence-electron chi connectivity index (χ1n) is 6.73. The number of nitrogens with one attached hydrogen (secondary N) is 2. The molecule has 0 atom stereocenters. The molecule has 0 aliphatic heterocycles. The summed E-state index contributed by atoms with van der Waals surface area (Å²) in [4.78, 5) is 4.16. The van der Waals surface area contributed by atoms with E-state index < -0.39 is 0 Å². The molecule has 0 aliphatic carbocycles. The number of aliphatic imine (C=N–C) groups is 1. The van der Waals surface area contributed by atoms with Gasteiger partial charge in [-0.2, -0.15) is 0 Å². The van der Waals surface area contributed by atoms with Crippen molar-refractivity contribution < 1.29 is 4.74 Å². The van der Waals surface area contributed by atoms with Gasteiger partial charge in [0.1, 0.15) is 0 Å². The molecule has 0 unspecified atom stereocenters. The number of halogens is 1. The summed E-state index contributed by atoms with van der Waals surface area (Å²) in [5.74, 6) is 1.67. The molecule has 18 heavy (non-hydrogen) atoms. The summed E-state index contributed by atoms with van der Waals surface area (Å²) >= 11 is 0. The summed E-state index contributed by atoms with van der Waals surface area (Å²) in [6.45, 7) is 9.82. The molecule has 0 aromatic heterocycles. The standard InChI is InChI=1S/C13H29N3O.HI/c1-5-17-11-10-16-13(14-4)15-9-7-6-8-12(2)3;/h12H,5-11H2,1-4H3,(H2,14,15,16);1H. The Balaban J connectivity index is 0. The van der Waals surface area contributed by atoms with Gasteiger partial charge in [-0.15, -0.1) is 24.0 Å². The Labute approximate surface area is 129 Å². The summed E-state index contributed by atoms with van der Waals surface area (Å²) < 4.78 is 5.25. The highest BCUT2D eigenvalue weighted by atomic mass is 127. The highest BCUT2D eigenvalue weighted by Crippen LogP contribution is 2.04. The third-order valence-corrected chi connectivity index (χ3v) is 2.47. The fourth-order valence-electron chi connectivity index (χ4n) is 1.49. The normalized spacial score (nSPS) is 11.3. The predicted molar refractivity (Wildman–Crippen MR) is 90.0 cm³/mol. The highest BCUT2D eigenvalue weighted by Gasteiger charge is 1.97. The second-order valence-corrected chi connectivity index (χ2v) is 4.51. The molecular weight excluding hydrogens is 341 g/mol. The van der Waals surface area contributed by atoms with Crippen LogP contribution in [0.4, 0.5) is 0 Å². The molecule has 0 fully saturated rings. The largest absolute Gasteiger partial charge is 0.380 e. The lowest BCUT2D eigenvalue weighted by Crippen LogP contribution is -2.39. The molecule has 0 bridgehead atoms. The van der Waals surface area contributed by atoms with Crippen LogP contribution in [-0.2, 0) is 4.74 Å². The monoisotopic (exact) mass is 371 g/mol. The molecule has 4 nitrogen and oxygen atoms in total. The number of nitrogens with zero attached hydrogens (tertiary/aromatic N) is 1. The van der Waals surface area contributed by atoms with Crippen molar-refractivity contribution in [3.63, 3.8) is 0 Å². The Morgan fingerprint density at radius 2 is 1.83 bits per heavy atom. The van der Waals surface area contributed by atoms with Crippen molar-refractivity contribution in [3.05, 3.63) is 0 Å². The van der Waals surface area contributed by atoms with Crippen molar-refractivity contribution in [3.8, 4) is 0 Å². The van der Waals surface area contributed by atoms with Crippen LogP contribution in [0.1, 0.15) is 40.0 Å². The first-order valence-corrected chi connectivity index (χ1v) is 6.73. The van der Waals surface area contributed by atoms with Crippen LogP contribution >= 0.6 is 24.0 Å². The molecule has 0 saturated carbocycles. The van der Waals surface area contributed by atoms with E-state index in [1.165, 1.54) is 19.3 Å². The Hall–Kier alpha value is -0.0400. The van der Waals surface area contributed by atoms with Gasteiger partial charge in [0.2, 0.25) is 0 Å². The maximum atomic E-state index is 5.25. The average molecular weight is 371 g/mol. The van der Waals surface area contributed by atoms with E-state index in [1.54, 1.807) is 7.05 Å². The van der Waals surface area contributed by atoms with E-state index in [1.807, 2.05) is 6.92 Å². The number of unbranched alkanes of at least 4 members (excludes halogenated alkanes) is 1. The third kappa shape index (κ3) is 14.0. The van der Waals surface area contributed by atoms with Gasteiger partial charge < -0.3 is 15.4 Å². The van der Waals surface area contributed by atoms with Gasteiger partial charge in [-0.25, -0.2) is 0 Å². The van der Waals surface area contributed by atoms with Crippen LogP contribution in [0.2, 0.25) is 0 Å². The van der Waals surface area contributed by atoms with E-state index in [2.05, 4.69) is 29.5 Å². The van der Waals surface area contributed by atoms with E-state index in [0.29, 0.717) is 0 Å². The molecule has 0 rings (SSSR count). The summed E-state index contributed by atoms with van der Waals surface area (Å²) in [7, 11) is 1.80. The zero-order chi connectivity index (χ0) is 12.9. The van der Waals surface area contributed by atoms with Crippen molar-refractivity contribution in [1.82, 2.24) is 10.6 Å². The van der Waals surface area contributed by atoms with E-state index >= 15 is 0 Å². The minimum atomic E-state index is 0. The van der Waals surface area contributed by atoms with E-state index in [-0.39, 0.29) is 24.0 Å². The lowest BCUT2D eigenvalue weighted by atomic mass is 10.1. The quantitative estimate of drug-likeness (QED) is 0.284. The first-order chi connectivity index (χ1) is 8.20. The minimum absolute atomic E-state index is 0. The van der Waals surface area contributed by atoms with Crippen LogP contribution in [-0.4, -0.2) is 39.3 Å². The van der Waals surface area contributed by atoms with Crippen molar-refractivity contribution in [2.45, 2.75) is 40.0 Å². The number of ether oxygens (including phenoxy) is 1. The molecule has 0 aromatic rings. The number of hydrogen-bond acceptors (Lipinski definition) is 2. The maximum Gasteiger partial charge on any atom is 0.191 e. The van der Waals surface area contributed by atoms with Crippen LogP contribution in [0.3, 0.4) is 0 Å². The lowest BCUT2D eigenvalue weighted by Gasteiger charge is -2.12. The molecular formula is C13H30IN3O.